The zero-order valence-electron chi connectivity index (χ0n) is 16.4. The van der Waals surface area contributed by atoms with E-state index in [1.165, 1.54) is 0 Å². The van der Waals surface area contributed by atoms with E-state index in [2.05, 4.69) is 10.2 Å². The highest BCUT2D eigenvalue weighted by Gasteiger charge is 2.29. The lowest BCUT2D eigenvalue weighted by Crippen LogP contribution is -2.48. The van der Waals surface area contributed by atoms with Crippen molar-refractivity contribution >= 4 is 23.2 Å². The molecule has 2 aromatic carbocycles. The Morgan fingerprint density at radius 3 is 2.66 bits per heavy atom. The summed E-state index contributed by atoms with van der Waals surface area (Å²) in [7, 11) is 0. The number of anilines is 1. The average molecular weight is 417 g/mol. The van der Waals surface area contributed by atoms with E-state index in [9.17, 15) is 4.79 Å². The molecule has 0 radical (unpaired) electrons. The Morgan fingerprint density at radius 2 is 1.86 bits per heavy atom. The van der Waals surface area contributed by atoms with Crippen molar-refractivity contribution < 1.29 is 19.0 Å². The van der Waals surface area contributed by atoms with Crippen LogP contribution < -0.4 is 14.8 Å². The van der Waals surface area contributed by atoms with Crippen LogP contribution in [0.1, 0.15) is 25.0 Å². The Labute approximate surface area is 175 Å². The van der Waals surface area contributed by atoms with Gasteiger partial charge in [-0.2, -0.15) is 0 Å². The summed E-state index contributed by atoms with van der Waals surface area (Å²) in [4.78, 5) is 15.0. The molecule has 1 N–H and O–H groups in total. The lowest BCUT2D eigenvalue weighted by molar-refractivity contribution is -0.124. The fourth-order valence-electron chi connectivity index (χ4n) is 3.55. The number of halogens is 1. The van der Waals surface area contributed by atoms with Crippen LogP contribution in [0.25, 0.3) is 0 Å². The highest BCUT2D eigenvalue weighted by atomic mass is 35.5. The SMILES string of the molecule is C[C@H](C(=O)Nc1ccc2c(c1)OCCCO2)N1CCO[C@@H](c2ccc(Cl)cc2)C1. The zero-order chi connectivity index (χ0) is 20.2. The van der Waals surface area contributed by atoms with Crippen LogP contribution >= 0.6 is 11.6 Å². The summed E-state index contributed by atoms with van der Waals surface area (Å²) in [6, 6.07) is 12.9. The Balaban J connectivity index is 1.39. The molecular formula is C22H25ClN2O4. The molecule has 0 aromatic heterocycles. The molecule has 6 nitrogen and oxygen atoms in total. The van der Waals surface area contributed by atoms with Crippen LogP contribution in [0.15, 0.2) is 42.5 Å². The van der Waals surface area contributed by atoms with Gasteiger partial charge in [0.1, 0.15) is 0 Å². The Morgan fingerprint density at radius 1 is 1.10 bits per heavy atom. The number of benzene rings is 2. The second kappa shape index (κ2) is 9.03. The molecule has 2 aromatic rings. The molecule has 0 aliphatic carbocycles. The predicted octanol–water partition coefficient (Wildman–Crippen LogP) is 3.90. The molecule has 1 saturated heterocycles. The minimum Gasteiger partial charge on any atom is -0.490 e. The quantitative estimate of drug-likeness (QED) is 0.819. The number of fused-ring (bicyclic) bond motifs is 1. The summed E-state index contributed by atoms with van der Waals surface area (Å²) in [6.45, 7) is 5.11. The third-order valence-electron chi connectivity index (χ3n) is 5.28. The summed E-state index contributed by atoms with van der Waals surface area (Å²) < 4.78 is 17.3. The normalized spacial score (nSPS) is 20.6. The number of rotatable bonds is 4. The van der Waals surface area contributed by atoms with Crippen LogP contribution in [0.4, 0.5) is 5.69 Å². The van der Waals surface area contributed by atoms with E-state index in [0.717, 1.165) is 12.0 Å². The first-order chi connectivity index (χ1) is 14.1. The Kier molecular flexibility index (Phi) is 6.23. The van der Waals surface area contributed by atoms with Crippen molar-refractivity contribution in [1.82, 2.24) is 4.90 Å². The van der Waals surface area contributed by atoms with Crippen LogP contribution in [0.2, 0.25) is 5.02 Å². The van der Waals surface area contributed by atoms with Crippen LogP contribution in [-0.2, 0) is 9.53 Å². The number of carbonyl (C=O) groups is 1. The maximum atomic E-state index is 12.9. The number of hydrogen-bond acceptors (Lipinski definition) is 5. The van der Waals surface area contributed by atoms with E-state index in [1.807, 2.05) is 49.4 Å². The van der Waals surface area contributed by atoms with Gasteiger partial charge in [0.15, 0.2) is 11.5 Å². The van der Waals surface area contributed by atoms with Crippen LogP contribution in [-0.4, -0.2) is 49.8 Å². The molecule has 7 heteroatoms. The van der Waals surface area contributed by atoms with Gasteiger partial charge in [-0.05, 0) is 36.8 Å². The van der Waals surface area contributed by atoms with Gasteiger partial charge in [-0.15, -0.1) is 0 Å². The maximum absolute atomic E-state index is 12.9. The van der Waals surface area contributed by atoms with Crippen molar-refractivity contribution in [3.8, 4) is 11.5 Å². The molecule has 154 valence electrons. The summed E-state index contributed by atoms with van der Waals surface area (Å²) >= 11 is 5.98. The van der Waals surface area contributed by atoms with Crippen LogP contribution in [0.5, 0.6) is 11.5 Å². The summed E-state index contributed by atoms with van der Waals surface area (Å²) in [5.74, 6) is 1.32. The average Bonchev–Trinajstić information content (AvgIpc) is 2.99. The number of morpholine rings is 1. The van der Waals surface area contributed by atoms with Gasteiger partial charge in [0.05, 0.1) is 32.0 Å². The third-order valence-corrected chi connectivity index (χ3v) is 5.53. The van der Waals surface area contributed by atoms with Crippen molar-refractivity contribution in [1.29, 1.82) is 0 Å². The molecule has 0 spiro atoms. The predicted molar refractivity (Wildman–Crippen MR) is 112 cm³/mol. The molecule has 2 atom stereocenters. The van der Waals surface area contributed by atoms with Gasteiger partial charge in [-0.3, -0.25) is 9.69 Å². The summed E-state index contributed by atoms with van der Waals surface area (Å²) in [5.41, 5.74) is 1.77. The molecule has 2 heterocycles. The van der Waals surface area contributed by atoms with Crippen LogP contribution in [0, 0.1) is 0 Å². The molecule has 0 unspecified atom stereocenters. The van der Waals surface area contributed by atoms with E-state index >= 15 is 0 Å². The summed E-state index contributed by atoms with van der Waals surface area (Å²) in [6.07, 6.45) is 0.772. The first-order valence-electron chi connectivity index (χ1n) is 9.92. The number of ether oxygens (including phenoxy) is 3. The Hall–Kier alpha value is -2.28. The standard InChI is InChI=1S/C22H25ClN2O4/c1-15(25-9-12-29-21(14-25)16-3-5-17(23)6-4-16)22(26)24-18-7-8-19-20(13-18)28-11-2-10-27-19/h3-8,13,15,21H,2,9-12,14H2,1H3,(H,24,26)/t15-,21-/m1/s1. The van der Waals surface area contributed by atoms with Gasteiger partial charge >= 0.3 is 0 Å². The number of carbonyl (C=O) groups excluding carboxylic acids is 1. The second-order valence-electron chi connectivity index (χ2n) is 7.28. The van der Waals surface area contributed by atoms with Crippen molar-refractivity contribution in [2.24, 2.45) is 0 Å². The summed E-state index contributed by atoms with van der Waals surface area (Å²) in [5, 5.41) is 3.70. The molecule has 4 rings (SSSR count). The topological polar surface area (TPSA) is 60.0 Å². The van der Waals surface area contributed by atoms with E-state index in [-0.39, 0.29) is 18.1 Å². The first-order valence-corrected chi connectivity index (χ1v) is 10.3. The minimum atomic E-state index is -0.287. The minimum absolute atomic E-state index is 0.0590. The van der Waals surface area contributed by atoms with Gasteiger partial charge in [0.25, 0.3) is 0 Å². The fourth-order valence-corrected chi connectivity index (χ4v) is 3.68. The van der Waals surface area contributed by atoms with Gasteiger partial charge in [-0.1, -0.05) is 23.7 Å². The number of nitrogens with one attached hydrogen (secondary N) is 1. The van der Waals surface area contributed by atoms with Crippen molar-refractivity contribution in [2.75, 3.05) is 38.2 Å². The van der Waals surface area contributed by atoms with Gasteiger partial charge in [0.2, 0.25) is 5.91 Å². The number of amides is 1. The molecule has 1 amide bonds. The van der Waals surface area contributed by atoms with Crippen LogP contribution in [0.3, 0.4) is 0 Å². The molecule has 29 heavy (non-hydrogen) atoms. The highest BCUT2D eigenvalue weighted by molar-refractivity contribution is 6.30. The van der Waals surface area contributed by atoms with E-state index in [0.29, 0.717) is 55.1 Å². The van der Waals surface area contributed by atoms with Gasteiger partial charge in [0, 0.05) is 36.3 Å². The smallest absolute Gasteiger partial charge is 0.241 e. The van der Waals surface area contributed by atoms with E-state index in [1.54, 1.807) is 0 Å². The zero-order valence-corrected chi connectivity index (χ0v) is 17.2. The number of nitrogens with zero attached hydrogens (tertiary/aromatic N) is 1. The van der Waals surface area contributed by atoms with Gasteiger partial charge < -0.3 is 19.5 Å². The third kappa shape index (κ3) is 4.83. The second-order valence-corrected chi connectivity index (χ2v) is 7.72. The molecule has 1 fully saturated rings. The maximum Gasteiger partial charge on any atom is 0.241 e. The highest BCUT2D eigenvalue weighted by Crippen LogP contribution is 2.32. The molecule has 0 bridgehead atoms. The van der Waals surface area contributed by atoms with Gasteiger partial charge in [-0.25, -0.2) is 0 Å². The monoisotopic (exact) mass is 416 g/mol. The van der Waals surface area contributed by atoms with Crippen molar-refractivity contribution in [2.45, 2.75) is 25.5 Å². The van der Waals surface area contributed by atoms with Crippen molar-refractivity contribution in [3.63, 3.8) is 0 Å². The lowest BCUT2D eigenvalue weighted by Gasteiger charge is -2.36. The largest absolute Gasteiger partial charge is 0.490 e. The lowest BCUT2D eigenvalue weighted by atomic mass is 10.1. The fraction of sp³-hybridized carbons (Fsp3) is 0.409. The van der Waals surface area contributed by atoms with E-state index < -0.39 is 0 Å². The molecule has 2 aliphatic heterocycles. The van der Waals surface area contributed by atoms with Crippen molar-refractivity contribution in [3.05, 3.63) is 53.1 Å². The molecule has 0 saturated carbocycles. The first kappa shape index (κ1) is 20.0. The Bertz CT molecular complexity index is 858. The number of hydrogen-bond donors (Lipinski definition) is 1. The van der Waals surface area contributed by atoms with E-state index in [4.69, 9.17) is 25.8 Å². The molecule has 2 aliphatic rings. The molecular weight excluding hydrogens is 392 g/mol.